The molecule has 0 radical (unpaired) electrons. The first kappa shape index (κ1) is 13.8. The van der Waals surface area contributed by atoms with E-state index in [2.05, 4.69) is 17.1 Å². The monoisotopic (exact) mass is 254 g/mol. The first-order valence-corrected chi connectivity index (χ1v) is 7.37. The summed E-state index contributed by atoms with van der Waals surface area (Å²) in [5, 5.41) is 2.98. The Labute approximate surface area is 110 Å². The second-order valence-corrected chi connectivity index (χ2v) is 5.67. The summed E-state index contributed by atoms with van der Waals surface area (Å²) in [5.41, 5.74) is 0. The van der Waals surface area contributed by atoms with Crippen LogP contribution in [0.25, 0.3) is 0 Å². The van der Waals surface area contributed by atoms with Crippen LogP contribution in [-0.2, 0) is 9.53 Å². The number of carbonyl (C=O) groups excluding carboxylic acids is 1. The van der Waals surface area contributed by atoms with E-state index < -0.39 is 0 Å². The van der Waals surface area contributed by atoms with Gasteiger partial charge in [0.1, 0.15) is 6.10 Å². The number of amides is 1. The van der Waals surface area contributed by atoms with Crippen molar-refractivity contribution < 1.29 is 9.53 Å². The van der Waals surface area contributed by atoms with Crippen molar-refractivity contribution in [1.29, 1.82) is 0 Å². The van der Waals surface area contributed by atoms with Gasteiger partial charge in [0, 0.05) is 13.2 Å². The van der Waals surface area contributed by atoms with Crippen LogP contribution < -0.4 is 5.32 Å². The van der Waals surface area contributed by atoms with Gasteiger partial charge in [0.25, 0.3) is 0 Å². The molecule has 2 fully saturated rings. The van der Waals surface area contributed by atoms with Gasteiger partial charge in [-0.3, -0.25) is 4.79 Å². The Bertz CT molecular complexity index is 257. The van der Waals surface area contributed by atoms with E-state index in [1.54, 1.807) is 0 Å². The number of nitrogens with zero attached hydrogens (tertiary/aromatic N) is 1. The molecule has 104 valence electrons. The van der Waals surface area contributed by atoms with Crippen LogP contribution in [0, 0.1) is 5.92 Å². The quantitative estimate of drug-likeness (QED) is 0.754. The molecule has 2 aliphatic rings. The van der Waals surface area contributed by atoms with Gasteiger partial charge in [-0.25, -0.2) is 0 Å². The number of piperidine rings is 1. The lowest BCUT2D eigenvalue weighted by molar-refractivity contribution is -0.130. The Hall–Kier alpha value is -0.610. The normalized spacial score (nSPS) is 26.4. The van der Waals surface area contributed by atoms with E-state index in [9.17, 15) is 4.79 Å². The third kappa shape index (κ3) is 4.25. The summed E-state index contributed by atoms with van der Waals surface area (Å²) >= 11 is 0. The first-order chi connectivity index (χ1) is 8.75. The molecule has 2 rings (SSSR count). The Morgan fingerprint density at radius 2 is 2.11 bits per heavy atom. The van der Waals surface area contributed by atoms with Crippen molar-refractivity contribution in [2.24, 2.45) is 5.92 Å². The maximum absolute atomic E-state index is 11.7. The number of hydrogen-bond donors (Lipinski definition) is 1. The van der Waals surface area contributed by atoms with Crippen molar-refractivity contribution in [3.05, 3.63) is 0 Å². The molecule has 2 saturated heterocycles. The molecule has 0 aliphatic carbocycles. The lowest BCUT2D eigenvalue weighted by Gasteiger charge is -2.30. The van der Waals surface area contributed by atoms with Gasteiger partial charge in [0.05, 0.1) is 0 Å². The molecule has 2 heterocycles. The molecule has 0 saturated carbocycles. The van der Waals surface area contributed by atoms with E-state index in [0.717, 1.165) is 44.9 Å². The molecule has 18 heavy (non-hydrogen) atoms. The van der Waals surface area contributed by atoms with E-state index in [1.807, 2.05) is 0 Å². The summed E-state index contributed by atoms with van der Waals surface area (Å²) in [6, 6.07) is 0. The minimum Gasteiger partial charge on any atom is -0.368 e. The molecular weight excluding hydrogens is 228 g/mol. The lowest BCUT2D eigenvalue weighted by Crippen LogP contribution is -2.38. The number of ether oxygens (including phenoxy) is 1. The van der Waals surface area contributed by atoms with Crippen molar-refractivity contribution in [1.82, 2.24) is 10.2 Å². The van der Waals surface area contributed by atoms with Crippen molar-refractivity contribution in [3.63, 3.8) is 0 Å². The Kier molecular flexibility index (Phi) is 5.45. The summed E-state index contributed by atoms with van der Waals surface area (Å²) < 4.78 is 5.35. The highest BCUT2D eigenvalue weighted by atomic mass is 16.5. The molecule has 4 nitrogen and oxygen atoms in total. The fraction of sp³-hybridized carbons (Fsp3) is 0.929. The third-order valence-electron chi connectivity index (χ3n) is 4.05. The van der Waals surface area contributed by atoms with Gasteiger partial charge >= 0.3 is 0 Å². The average molecular weight is 254 g/mol. The number of carbonyl (C=O) groups is 1. The molecule has 2 aliphatic heterocycles. The van der Waals surface area contributed by atoms with Gasteiger partial charge < -0.3 is 15.0 Å². The van der Waals surface area contributed by atoms with Gasteiger partial charge in [-0.2, -0.15) is 0 Å². The number of likely N-dealkylation sites (tertiary alicyclic amines) is 1. The molecule has 1 amide bonds. The molecule has 0 aromatic rings. The molecular formula is C14H26N2O2. The number of rotatable bonds is 5. The SMILES string of the molecule is CC1CCN(CCCNC(=O)C2CCCO2)CC1. The molecule has 1 N–H and O–H groups in total. The van der Waals surface area contributed by atoms with Crippen LogP contribution in [0.15, 0.2) is 0 Å². The predicted octanol–water partition coefficient (Wildman–Crippen LogP) is 1.40. The highest BCUT2D eigenvalue weighted by molar-refractivity contribution is 5.80. The van der Waals surface area contributed by atoms with Gasteiger partial charge in [-0.15, -0.1) is 0 Å². The van der Waals surface area contributed by atoms with Crippen LogP contribution in [0.2, 0.25) is 0 Å². The number of nitrogens with one attached hydrogen (secondary N) is 1. The molecule has 4 heteroatoms. The highest BCUT2D eigenvalue weighted by Crippen LogP contribution is 2.15. The average Bonchev–Trinajstić information content (AvgIpc) is 2.90. The van der Waals surface area contributed by atoms with Crippen molar-refractivity contribution >= 4 is 5.91 Å². The molecule has 1 atom stereocenters. The van der Waals surface area contributed by atoms with Gasteiger partial charge in [0.15, 0.2) is 0 Å². The Morgan fingerprint density at radius 1 is 1.33 bits per heavy atom. The van der Waals surface area contributed by atoms with Crippen molar-refractivity contribution in [2.75, 3.05) is 32.8 Å². The Balaban J connectivity index is 1.51. The van der Waals surface area contributed by atoms with Crippen LogP contribution in [0.4, 0.5) is 0 Å². The molecule has 1 unspecified atom stereocenters. The summed E-state index contributed by atoms with van der Waals surface area (Å²) in [5.74, 6) is 0.972. The van der Waals surface area contributed by atoms with E-state index in [1.165, 1.54) is 25.9 Å². The topological polar surface area (TPSA) is 41.6 Å². The van der Waals surface area contributed by atoms with E-state index >= 15 is 0 Å². The fourth-order valence-corrected chi connectivity index (χ4v) is 2.70. The van der Waals surface area contributed by atoms with Crippen molar-refractivity contribution in [2.45, 2.75) is 45.1 Å². The first-order valence-electron chi connectivity index (χ1n) is 7.37. The predicted molar refractivity (Wildman–Crippen MR) is 71.4 cm³/mol. The highest BCUT2D eigenvalue weighted by Gasteiger charge is 2.23. The molecule has 0 spiro atoms. The zero-order chi connectivity index (χ0) is 12.8. The molecule has 0 bridgehead atoms. The summed E-state index contributed by atoms with van der Waals surface area (Å²) in [6.45, 7) is 7.41. The molecule has 0 aromatic carbocycles. The summed E-state index contributed by atoms with van der Waals surface area (Å²) in [6.07, 6.45) is 5.41. The maximum Gasteiger partial charge on any atom is 0.249 e. The zero-order valence-electron chi connectivity index (χ0n) is 11.5. The third-order valence-corrected chi connectivity index (χ3v) is 4.05. The Morgan fingerprint density at radius 3 is 2.78 bits per heavy atom. The molecule has 0 aromatic heterocycles. The fourth-order valence-electron chi connectivity index (χ4n) is 2.70. The van der Waals surface area contributed by atoms with Gasteiger partial charge in [-0.05, 0) is 57.7 Å². The van der Waals surface area contributed by atoms with Crippen LogP contribution >= 0.6 is 0 Å². The van der Waals surface area contributed by atoms with E-state index in [-0.39, 0.29) is 12.0 Å². The van der Waals surface area contributed by atoms with Crippen LogP contribution in [0.1, 0.15) is 39.0 Å². The number of hydrogen-bond acceptors (Lipinski definition) is 3. The van der Waals surface area contributed by atoms with E-state index in [4.69, 9.17) is 4.74 Å². The second kappa shape index (κ2) is 7.10. The second-order valence-electron chi connectivity index (χ2n) is 5.67. The van der Waals surface area contributed by atoms with E-state index in [0.29, 0.717) is 0 Å². The van der Waals surface area contributed by atoms with Crippen LogP contribution in [0.5, 0.6) is 0 Å². The van der Waals surface area contributed by atoms with Crippen LogP contribution in [0.3, 0.4) is 0 Å². The summed E-state index contributed by atoms with van der Waals surface area (Å²) in [7, 11) is 0. The minimum absolute atomic E-state index is 0.0831. The van der Waals surface area contributed by atoms with Crippen molar-refractivity contribution in [3.8, 4) is 0 Å². The van der Waals surface area contributed by atoms with Crippen LogP contribution in [-0.4, -0.2) is 49.7 Å². The minimum atomic E-state index is -0.180. The van der Waals surface area contributed by atoms with Gasteiger partial charge in [0.2, 0.25) is 5.91 Å². The smallest absolute Gasteiger partial charge is 0.249 e. The maximum atomic E-state index is 11.7. The lowest BCUT2D eigenvalue weighted by atomic mass is 9.99. The van der Waals surface area contributed by atoms with Gasteiger partial charge in [-0.1, -0.05) is 6.92 Å². The standard InChI is InChI=1S/C14H26N2O2/c1-12-5-9-16(10-6-12)8-3-7-15-14(17)13-4-2-11-18-13/h12-13H,2-11H2,1H3,(H,15,17). The zero-order valence-corrected chi connectivity index (χ0v) is 11.5. The largest absolute Gasteiger partial charge is 0.368 e. The summed E-state index contributed by atoms with van der Waals surface area (Å²) in [4.78, 5) is 14.2.